The summed E-state index contributed by atoms with van der Waals surface area (Å²) >= 11 is 17.9. The molecule has 0 N–H and O–H groups in total. The first-order valence-electron chi connectivity index (χ1n) is 9.73. The molecule has 0 saturated carbocycles. The van der Waals surface area contributed by atoms with Crippen molar-refractivity contribution in [1.82, 2.24) is 0 Å². The van der Waals surface area contributed by atoms with Crippen molar-refractivity contribution in [3.8, 4) is 22.3 Å². The SMILES string of the molecule is Fc1c(I)cc(-c2ccc(Cc3ccc(-c4cc(I)c(F)c(I)c4)c(I)c3I)c(I)c2I)cc1I. The van der Waals surface area contributed by atoms with E-state index in [1.54, 1.807) is 0 Å². The first-order valence-corrected chi connectivity index (χ1v) is 18.4. The Balaban J connectivity index is 1.70. The number of rotatable bonds is 4. The van der Waals surface area contributed by atoms with Crippen molar-refractivity contribution in [1.29, 1.82) is 0 Å². The van der Waals surface area contributed by atoms with E-state index < -0.39 is 0 Å². The van der Waals surface area contributed by atoms with Gasteiger partial charge >= 0.3 is 0 Å². The maximum Gasteiger partial charge on any atom is 0.149 e. The molecule has 0 bridgehead atoms. The molecule has 0 nitrogen and oxygen atoms in total. The third-order valence-corrected chi connectivity index (χ3v) is 15.2. The molecule has 4 rings (SSSR count). The van der Waals surface area contributed by atoms with Crippen molar-refractivity contribution >= 4 is 181 Å². The summed E-state index contributed by atoms with van der Waals surface area (Å²) in [5.74, 6) is -0.317. The predicted octanol–water partition coefficient (Wildman–Crippen LogP) is 11.7. The van der Waals surface area contributed by atoms with Crippen LogP contribution in [0.2, 0.25) is 0 Å². The summed E-state index contributed by atoms with van der Waals surface area (Å²) in [4.78, 5) is 0. The van der Waals surface area contributed by atoms with Crippen molar-refractivity contribution in [3.63, 3.8) is 0 Å². The molecule has 0 amide bonds. The molecule has 0 spiro atoms. The third kappa shape index (κ3) is 6.74. The highest BCUT2D eigenvalue weighted by molar-refractivity contribution is 14.1. The number of hydrogen-bond acceptors (Lipinski definition) is 0. The van der Waals surface area contributed by atoms with Gasteiger partial charge in [0.15, 0.2) is 0 Å². The summed E-state index contributed by atoms with van der Waals surface area (Å²) < 4.78 is 35.6. The van der Waals surface area contributed by atoms with Gasteiger partial charge in [-0.3, -0.25) is 0 Å². The molecule has 4 aromatic rings. The molecule has 0 unspecified atom stereocenters. The van der Waals surface area contributed by atoms with Crippen LogP contribution in [0.15, 0.2) is 48.5 Å². The van der Waals surface area contributed by atoms with Crippen LogP contribution in [-0.4, -0.2) is 0 Å². The fourth-order valence-corrected chi connectivity index (χ4v) is 10.1. The van der Waals surface area contributed by atoms with Crippen LogP contribution in [0.5, 0.6) is 0 Å². The Morgan fingerprint density at radius 3 is 1.09 bits per heavy atom. The molecule has 0 aromatic heterocycles. The Morgan fingerprint density at radius 2 is 0.771 bits per heavy atom. The molecule has 10 heteroatoms. The summed E-state index contributed by atoms with van der Waals surface area (Å²) in [7, 11) is 0. The van der Waals surface area contributed by atoms with Gasteiger partial charge in [-0.2, -0.15) is 0 Å². The highest BCUT2D eigenvalue weighted by Crippen LogP contribution is 2.37. The Kier molecular flexibility index (Phi) is 11.4. The van der Waals surface area contributed by atoms with E-state index in [9.17, 15) is 8.78 Å². The van der Waals surface area contributed by atoms with E-state index in [0.29, 0.717) is 14.3 Å². The van der Waals surface area contributed by atoms with Crippen molar-refractivity contribution in [2.75, 3.05) is 0 Å². The molecule has 35 heavy (non-hydrogen) atoms. The molecule has 0 heterocycles. The fraction of sp³-hybridized carbons (Fsp3) is 0.0400. The largest absolute Gasteiger partial charge is 0.205 e. The average molecular weight is 1360 g/mol. The lowest BCUT2D eigenvalue weighted by atomic mass is 9.98. The predicted molar refractivity (Wildman–Crippen MR) is 208 cm³/mol. The van der Waals surface area contributed by atoms with E-state index in [1.165, 1.54) is 25.4 Å². The normalized spacial score (nSPS) is 11.3. The lowest BCUT2D eigenvalue weighted by molar-refractivity contribution is 0.612. The van der Waals surface area contributed by atoms with E-state index in [-0.39, 0.29) is 11.6 Å². The van der Waals surface area contributed by atoms with E-state index >= 15 is 0 Å². The van der Waals surface area contributed by atoms with Crippen LogP contribution in [0, 0.1) is 40.2 Å². The maximum absolute atomic E-state index is 14.1. The quantitative estimate of drug-likeness (QED) is 0.141. The van der Waals surface area contributed by atoms with Crippen LogP contribution < -0.4 is 0 Å². The Hall–Kier alpha value is 2.58. The molecular weight excluding hydrogens is 1350 g/mol. The van der Waals surface area contributed by atoms with Crippen LogP contribution >= 0.6 is 181 Å². The Morgan fingerprint density at radius 1 is 0.457 bits per heavy atom. The standard InChI is InChI=1S/C25H10F2I8/c26-20-16(28)6-12(7-17(20)29)14-3-1-10(22(32)24(14)34)5-11-2-4-15(25(35)23(11)33)13-8-18(30)21(27)19(31)9-13/h1-4,6-9H,5H2. The van der Waals surface area contributed by atoms with Gasteiger partial charge in [-0.15, -0.1) is 0 Å². The summed E-state index contributed by atoms with van der Waals surface area (Å²) in [6.45, 7) is 0. The lowest BCUT2D eigenvalue weighted by Gasteiger charge is -2.15. The summed E-state index contributed by atoms with van der Waals surface area (Å²) in [6, 6.07) is 16.3. The van der Waals surface area contributed by atoms with Gasteiger partial charge in [-0.1, -0.05) is 24.3 Å². The number of benzene rings is 4. The summed E-state index contributed by atoms with van der Waals surface area (Å²) in [6.07, 6.45) is 0.820. The van der Waals surface area contributed by atoms with Crippen molar-refractivity contribution < 1.29 is 8.78 Å². The van der Waals surface area contributed by atoms with Crippen LogP contribution in [0.4, 0.5) is 8.78 Å². The minimum absolute atomic E-state index is 0.158. The van der Waals surface area contributed by atoms with E-state index in [4.69, 9.17) is 0 Å². The lowest BCUT2D eigenvalue weighted by Crippen LogP contribution is -2.01. The van der Waals surface area contributed by atoms with Gasteiger partial charge in [0.25, 0.3) is 0 Å². The zero-order valence-electron chi connectivity index (χ0n) is 17.1. The summed E-state index contributed by atoms with van der Waals surface area (Å²) in [5.41, 5.74) is 6.83. The smallest absolute Gasteiger partial charge is 0.149 e. The molecule has 180 valence electrons. The van der Waals surface area contributed by atoms with Gasteiger partial charge in [0.05, 0.1) is 14.3 Å². The summed E-state index contributed by atoms with van der Waals surface area (Å²) in [5, 5.41) is 0. The molecule has 4 aromatic carbocycles. The highest BCUT2D eigenvalue weighted by atomic mass is 127. The zero-order chi connectivity index (χ0) is 25.6. The number of hydrogen-bond donors (Lipinski definition) is 0. The van der Waals surface area contributed by atoms with E-state index in [1.807, 2.05) is 24.3 Å². The Bertz CT molecular complexity index is 1330. The van der Waals surface area contributed by atoms with Gasteiger partial charge in [0.2, 0.25) is 0 Å². The third-order valence-electron chi connectivity index (χ3n) is 5.30. The molecule has 0 radical (unpaired) electrons. The Labute approximate surface area is 311 Å². The van der Waals surface area contributed by atoms with Crippen molar-refractivity contribution in [2.45, 2.75) is 6.42 Å². The van der Waals surface area contributed by atoms with Crippen molar-refractivity contribution in [3.05, 3.63) is 99.9 Å². The molecule has 0 fully saturated rings. The van der Waals surface area contributed by atoms with Crippen LogP contribution in [0.25, 0.3) is 22.3 Å². The second-order valence-corrected chi connectivity index (χ2v) is 16.4. The van der Waals surface area contributed by atoms with Crippen LogP contribution in [0.3, 0.4) is 0 Å². The topological polar surface area (TPSA) is 0 Å². The minimum Gasteiger partial charge on any atom is -0.205 e. The molecule has 0 aliphatic heterocycles. The van der Waals surface area contributed by atoms with Gasteiger partial charge in [0.1, 0.15) is 11.6 Å². The van der Waals surface area contributed by atoms with Gasteiger partial charge in [0, 0.05) is 14.3 Å². The van der Waals surface area contributed by atoms with Gasteiger partial charge < -0.3 is 0 Å². The second-order valence-electron chi connectivity index (χ2n) is 7.48. The van der Waals surface area contributed by atoms with Gasteiger partial charge in [-0.25, -0.2) is 8.78 Å². The number of halogens is 10. The minimum atomic E-state index is -0.158. The molecule has 0 aliphatic rings. The fourth-order valence-electron chi connectivity index (χ4n) is 3.53. The molecule has 0 atom stereocenters. The van der Waals surface area contributed by atoms with Crippen LogP contribution in [0.1, 0.15) is 11.1 Å². The van der Waals surface area contributed by atoms with E-state index in [2.05, 4.69) is 205 Å². The monoisotopic (exact) mass is 1360 g/mol. The highest BCUT2D eigenvalue weighted by Gasteiger charge is 2.17. The molecular formula is C25H10F2I8. The van der Waals surface area contributed by atoms with Gasteiger partial charge in [-0.05, 0) is 245 Å². The maximum atomic E-state index is 14.1. The van der Waals surface area contributed by atoms with Crippen LogP contribution in [-0.2, 0) is 6.42 Å². The average Bonchev–Trinajstić information content (AvgIpc) is 2.81. The van der Waals surface area contributed by atoms with Crippen molar-refractivity contribution in [2.24, 2.45) is 0 Å². The second kappa shape index (κ2) is 13.0. The molecule has 0 saturated heterocycles. The first kappa shape index (κ1) is 30.5. The first-order chi connectivity index (χ1) is 16.5. The molecule has 0 aliphatic carbocycles. The zero-order valence-corrected chi connectivity index (χ0v) is 34.4. The van der Waals surface area contributed by atoms with E-state index in [0.717, 1.165) is 28.7 Å².